The Hall–Kier alpha value is -7.89. The standard InChI is InChI=1S/C61H68N6O11/c1-8-61(4,21-19-57(70)78-67-55(68)17-18-56(67)69)77-24-22-60(2,3)64(5)43-26-38(36-75-52-32-48-46(30-42(52)20-23-73-6)58(71)65-44(34-62-48)28-40-13-9-11-15-50(40)65)25-39(27-43)37-76-54-33-49-47(31-53(54)74-7)59(72)66-45(35-63-49)29-41-14-10-12-16-51(41)66/h9-18,25-27,30,32-35,44-45,47,68-69H,8,19-24,28-29,31,36-37H2,1-7H3. The van der Waals surface area contributed by atoms with E-state index in [9.17, 15) is 24.6 Å². The Balaban J connectivity index is 0.894. The molecule has 4 aromatic carbocycles. The lowest BCUT2D eigenvalue weighted by Crippen LogP contribution is -2.43. The molecular formula is C61H68N6O11. The van der Waals surface area contributed by atoms with Crippen molar-refractivity contribution in [3.63, 3.8) is 0 Å². The molecule has 10 rings (SSSR count). The van der Waals surface area contributed by atoms with Crippen molar-refractivity contribution in [3.05, 3.63) is 148 Å². The summed E-state index contributed by atoms with van der Waals surface area (Å²) >= 11 is 0. The third kappa shape index (κ3) is 10.9. The van der Waals surface area contributed by atoms with Gasteiger partial charge < -0.3 is 48.5 Å². The number of aliphatic imine (C=N–C) groups is 2. The van der Waals surface area contributed by atoms with Crippen LogP contribution in [0.4, 0.5) is 22.7 Å². The Morgan fingerprint density at radius 1 is 0.782 bits per heavy atom. The van der Waals surface area contributed by atoms with Gasteiger partial charge in [-0.15, -0.1) is 4.73 Å². The van der Waals surface area contributed by atoms with Gasteiger partial charge in [-0.2, -0.15) is 0 Å². The van der Waals surface area contributed by atoms with Crippen molar-refractivity contribution in [3.8, 4) is 17.5 Å². The predicted molar refractivity (Wildman–Crippen MR) is 297 cm³/mol. The van der Waals surface area contributed by atoms with Crippen molar-refractivity contribution < 1.29 is 53.1 Å². The second-order valence-electron chi connectivity index (χ2n) is 21.4. The van der Waals surface area contributed by atoms with Gasteiger partial charge in [-0.1, -0.05) is 43.3 Å². The van der Waals surface area contributed by atoms with Crippen molar-refractivity contribution in [2.24, 2.45) is 15.9 Å². The normalized spacial score (nSPS) is 18.9. The summed E-state index contributed by atoms with van der Waals surface area (Å²) in [6.45, 7) is 9.39. The number of rotatable bonds is 21. The molecule has 5 aromatic rings. The first-order valence-electron chi connectivity index (χ1n) is 26.7. The second-order valence-corrected chi connectivity index (χ2v) is 21.4. The highest BCUT2D eigenvalue weighted by Crippen LogP contribution is 2.42. The third-order valence-electron chi connectivity index (χ3n) is 16.0. The zero-order valence-electron chi connectivity index (χ0n) is 45.4. The summed E-state index contributed by atoms with van der Waals surface area (Å²) in [6, 6.07) is 28.1. The Bertz CT molecular complexity index is 3230. The number of carbonyl (C=O) groups is 3. The fraction of sp³-hybridized carbons (Fsp3) is 0.393. The Kier molecular flexibility index (Phi) is 15.2. The van der Waals surface area contributed by atoms with Crippen LogP contribution in [0.15, 0.2) is 124 Å². The Labute approximate surface area is 454 Å². The second kappa shape index (κ2) is 22.2. The van der Waals surface area contributed by atoms with Crippen LogP contribution >= 0.6 is 0 Å². The van der Waals surface area contributed by atoms with Gasteiger partial charge in [0.1, 0.15) is 24.7 Å². The highest BCUT2D eigenvalue weighted by molar-refractivity contribution is 6.14. The summed E-state index contributed by atoms with van der Waals surface area (Å²) in [4.78, 5) is 62.3. The van der Waals surface area contributed by atoms with Crippen LogP contribution in [-0.2, 0) is 61.0 Å². The third-order valence-corrected chi connectivity index (χ3v) is 16.0. The van der Waals surface area contributed by atoms with Gasteiger partial charge in [-0.25, -0.2) is 4.79 Å². The molecule has 78 heavy (non-hydrogen) atoms. The number of allylic oxidation sites excluding steroid dienone is 2. The van der Waals surface area contributed by atoms with Gasteiger partial charge in [0, 0.05) is 99.3 Å². The lowest BCUT2D eigenvalue weighted by atomic mass is 9.93. The highest BCUT2D eigenvalue weighted by Gasteiger charge is 2.42. The maximum atomic E-state index is 14.3. The van der Waals surface area contributed by atoms with E-state index in [0.29, 0.717) is 97.1 Å². The number of methoxy groups -OCH3 is 2. The molecule has 0 saturated carbocycles. The predicted octanol–water partition coefficient (Wildman–Crippen LogP) is 9.50. The average Bonchev–Trinajstić information content (AvgIpc) is 4.10. The molecule has 4 unspecified atom stereocenters. The van der Waals surface area contributed by atoms with E-state index in [2.05, 4.69) is 49.1 Å². The van der Waals surface area contributed by atoms with E-state index in [0.717, 1.165) is 44.9 Å². The molecule has 4 aliphatic heterocycles. The number of aromatic nitrogens is 1. The molecule has 0 spiro atoms. The molecule has 17 heteroatoms. The number of aromatic hydroxyl groups is 2. The molecule has 5 heterocycles. The summed E-state index contributed by atoms with van der Waals surface area (Å²) in [7, 11) is 5.29. The number of benzene rings is 4. The molecule has 2 amide bonds. The quantitative estimate of drug-likeness (QED) is 0.0710. The zero-order valence-corrected chi connectivity index (χ0v) is 45.4. The SMILES string of the molecule is CCC(C)(CCC(=O)On1c(O)ccc1O)OCCC(C)(C)N(C)c1cc(COC2=C(OC)CC3C(=O)N4c5ccccc5CC4C=NC3=C2)cc(COc2cc3c(cc2CCOC)C(=O)N2c4ccccc4CC2C=N3)c1. The lowest BCUT2D eigenvalue weighted by molar-refractivity contribution is -0.147. The van der Waals surface area contributed by atoms with Crippen LogP contribution < -0.4 is 24.3 Å². The van der Waals surface area contributed by atoms with Crippen molar-refractivity contribution >= 4 is 53.0 Å². The van der Waals surface area contributed by atoms with Crippen LogP contribution in [0.5, 0.6) is 17.5 Å². The average molecular weight is 1060 g/mol. The van der Waals surface area contributed by atoms with Crippen LogP contribution in [0, 0.1) is 5.92 Å². The molecule has 17 nitrogen and oxygen atoms in total. The number of nitrogens with zero attached hydrogens (tertiary/aromatic N) is 6. The number of hydrogen-bond donors (Lipinski definition) is 2. The van der Waals surface area contributed by atoms with Gasteiger partial charge >= 0.3 is 5.97 Å². The molecule has 2 N–H and O–H groups in total. The Morgan fingerprint density at radius 2 is 1.44 bits per heavy atom. The van der Waals surface area contributed by atoms with E-state index in [-0.39, 0.29) is 55.3 Å². The van der Waals surface area contributed by atoms with Crippen LogP contribution in [0.2, 0.25) is 0 Å². The molecule has 408 valence electrons. The van der Waals surface area contributed by atoms with Gasteiger partial charge in [-0.3, -0.25) is 24.5 Å². The number of carbonyl (C=O) groups excluding carboxylic acids is 3. The number of amides is 2. The van der Waals surface area contributed by atoms with Crippen LogP contribution in [0.25, 0.3) is 0 Å². The molecule has 0 saturated heterocycles. The first-order valence-corrected chi connectivity index (χ1v) is 26.7. The topological polar surface area (TPSA) is 186 Å². The van der Waals surface area contributed by atoms with Gasteiger partial charge in [0.05, 0.1) is 60.7 Å². The van der Waals surface area contributed by atoms with Crippen molar-refractivity contribution in [1.82, 2.24) is 4.73 Å². The summed E-state index contributed by atoms with van der Waals surface area (Å²) in [5.41, 5.74) is 8.08. The van der Waals surface area contributed by atoms with Crippen molar-refractivity contribution in [2.75, 3.05) is 49.2 Å². The number of fused-ring (bicyclic) bond motifs is 8. The fourth-order valence-corrected chi connectivity index (χ4v) is 10.9. The van der Waals surface area contributed by atoms with E-state index in [1.54, 1.807) is 14.2 Å². The van der Waals surface area contributed by atoms with E-state index in [1.807, 2.05) is 97.7 Å². The number of hydrogen-bond acceptors (Lipinski definition) is 14. The van der Waals surface area contributed by atoms with Gasteiger partial charge in [-0.05, 0) is 111 Å². The van der Waals surface area contributed by atoms with E-state index in [1.165, 1.54) is 12.1 Å². The van der Waals surface area contributed by atoms with E-state index < -0.39 is 23.0 Å². The summed E-state index contributed by atoms with van der Waals surface area (Å²) < 4.78 is 32.1. The summed E-state index contributed by atoms with van der Waals surface area (Å²) in [5, 5.41) is 19.9. The molecule has 1 aliphatic carbocycles. The van der Waals surface area contributed by atoms with Crippen LogP contribution in [0.3, 0.4) is 0 Å². The first-order chi connectivity index (χ1) is 37.6. The zero-order chi connectivity index (χ0) is 54.9. The smallest absolute Gasteiger partial charge is 0.333 e. The molecule has 0 fully saturated rings. The monoisotopic (exact) mass is 1060 g/mol. The van der Waals surface area contributed by atoms with Gasteiger partial charge in [0.2, 0.25) is 17.7 Å². The summed E-state index contributed by atoms with van der Waals surface area (Å²) in [5.74, 6) is -0.373. The maximum absolute atomic E-state index is 14.3. The van der Waals surface area contributed by atoms with E-state index in [4.69, 9.17) is 38.5 Å². The van der Waals surface area contributed by atoms with Crippen LogP contribution in [0.1, 0.15) is 98.0 Å². The maximum Gasteiger partial charge on any atom is 0.333 e. The largest absolute Gasteiger partial charge is 0.497 e. The van der Waals surface area contributed by atoms with E-state index >= 15 is 0 Å². The highest BCUT2D eigenvalue weighted by atomic mass is 16.7. The molecule has 0 bridgehead atoms. The van der Waals surface area contributed by atoms with Crippen molar-refractivity contribution in [1.29, 1.82) is 0 Å². The molecule has 0 radical (unpaired) electrons. The minimum absolute atomic E-state index is 0.00303. The molecular weight excluding hydrogens is 993 g/mol. The van der Waals surface area contributed by atoms with Gasteiger partial charge in [0.25, 0.3) is 5.91 Å². The lowest BCUT2D eigenvalue weighted by Gasteiger charge is -2.39. The fourth-order valence-electron chi connectivity index (χ4n) is 10.9. The van der Waals surface area contributed by atoms with Gasteiger partial charge in [0.15, 0.2) is 5.76 Å². The summed E-state index contributed by atoms with van der Waals surface area (Å²) in [6.07, 6.45) is 9.38. The molecule has 4 atom stereocenters. The number of anilines is 3. The minimum Gasteiger partial charge on any atom is -0.497 e. The number of ether oxygens (including phenoxy) is 5. The molecule has 5 aliphatic rings. The first kappa shape index (κ1) is 53.5. The molecule has 1 aromatic heterocycles. The number of para-hydroxylation sites is 2. The Morgan fingerprint density at radius 3 is 2.12 bits per heavy atom. The minimum atomic E-state index is -0.656. The van der Waals surface area contributed by atoms with Crippen molar-refractivity contribution in [2.45, 2.75) is 115 Å². The van der Waals surface area contributed by atoms with Crippen LogP contribution in [-0.4, -0.2) is 103 Å².